The Bertz CT molecular complexity index is 350. The van der Waals surface area contributed by atoms with Gasteiger partial charge in [0.2, 0.25) is 5.91 Å². The maximum Gasteiger partial charge on any atom is 0.315 e. The van der Waals surface area contributed by atoms with Crippen molar-refractivity contribution in [3.05, 3.63) is 0 Å². The number of aliphatic carboxylic acids is 1. The molecular formula is C12H23N3O6. The minimum atomic E-state index is -1.02. The van der Waals surface area contributed by atoms with E-state index in [0.717, 1.165) is 0 Å². The summed E-state index contributed by atoms with van der Waals surface area (Å²) < 4.78 is 9.70. The van der Waals surface area contributed by atoms with Crippen molar-refractivity contribution in [2.45, 2.75) is 25.5 Å². The fourth-order valence-corrected chi connectivity index (χ4v) is 1.38. The number of urea groups is 1. The van der Waals surface area contributed by atoms with Crippen LogP contribution in [0.25, 0.3) is 0 Å². The molecule has 2 atom stereocenters. The molecule has 0 bridgehead atoms. The number of rotatable bonds is 10. The molecule has 0 heterocycles. The van der Waals surface area contributed by atoms with Gasteiger partial charge in [-0.3, -0.25) is 9.59 Å². The van der Waals surface area contributed by atoms with Gasteiger partial charge in [0.15, 0.2) is 0 Å². The summed E-state index contributed by atoms with van der Waals surface area (Å²) in [5.74, 6) is -1.36. The highest BCUT2D eigenvalue weighted by molar-refractivity contribution is 5.86. The molecule has 0 aliphatic carbocycles. The molecule has 0 aromatic carbocycles. The van der Waals surface area contributed by atoms with Crippen LogP contribution < -0.4 is 16.0 Å². The van der Waals surface area contributed by atoms with Gasteiger partial charge in [-0.2, -0.15) is 0 Å². The van der Waals surface area contributed by atoms with E-state index in [2.05, 4.69) is 16.0 Å². The number of carbonyl (C=O) groups excluding carboxylic acids is 2. The first-order chi connectivity index (χ1) is 9.90. The summed E-state index contributed by atoms with van der Waals surface area (Å²) >= 11 is 0. The van der Waals surface area contributed by atoms with E-state index < -0.39 is 24.1 Å². The summed E-state index contributed by atoms with van der Waals surface area (Å²) in [6, 6.07) is -1.29. The molecule has 0 aromatic heterocycles. The van der Waals surface area contributed by atoms with Gasteiger partial charge in [-0.15, -0.1) is 0 Å². The van der Waals surface area contributed by atoms with E-state index in [1.165, 1.54) is 21.1 Å². The van der Waals surface area contributed by atoms with Crippen LogP contribution in [0.3, 0.4) is 0 Å². The second-order valence-corrected chi connectivity index (χ2v) is 4.32. The van der Waals surface area contributed by atoms with E-state index >= 15 is 0 Å². The second kappa shape index (κ2) is 10.9. The van der Waals surface area contributed by atoms with Gasteiger partial charge >= 0.3 is 12.0 Å². The molecule has 0 saturated carbocycles. The zero-order valence-electron chi connectivity index (χ0n) is 12.5. The van der Waals surface area contributed by atoms with Gasteiger partial charge in [0.05, 0.1) is 19.1 Å². The normalized spacial score (nSPS) is 13.1. The Morgan fingerprint density at radius 1 is 1.19 bits per heavy atom. The molecule has 3 amide bonds. The van der Waals surface area contributed by atoms with E-state index in [1.807, 2.05) is 0 Å². The third kappa shape index (κ3) is 9.63. The lowest BCUT2D eigenvalue weighted by Gasteiger charge is -2.17. The number of hydrogen-bond acceptors (Lipinski definition) is 5. The highest BCUT2D eigenvalue weighted by Crippen LogP contribution is 1.95. The topological polar surface area (TPSA) is 126 Å². The van der Waals surface area contributed by atoms with Gasteiger partial charge in [0, 0.05) is 27.3 Å². The van der Waals surface area contributed by atoms with Crippen LogP contribution in [0.5, 0.6) is 0 Å². The number of carboxylic acid groups (broad SMARTS) is 1. The predicted octanol–water partition coefficient (Wildman–Crippen LogP) is -1.07. The molecule has 0 rings (SSSR count). The number of methoxy groups -OCH3 is 2. The summed E-state index contributed by atoms with van der Waals surface area (Å²) in [7, 11) is 2.88. The molecule has 21 heavy (non-hydrogen) atoms. The van der Waals surface area contributed by atoms with Gasteiger partial charge < -0.3 is 30.5 Å². The maximum absolute atomic E-state index is 11.6. The second-order valence-electron chi connectivity index (χ2n) is 4.32. The molecule has 9 nitrogen and oxygen atoms in total. The molecule has 0 radical (unpaired) electrons. The van der Waals surface area contributed by atoms with Crippen LogP contribution in [0.2, 0.25) is 0 Å². The van der Waals surface area contributed by atoms with E-state index in [1.54, 1.807) is 0 Å². The minimum absolute atomic E-state index is 0.0344. The summed E-state index contributed by atoms with van der Waals surface area (Å²) in [5.41, 5.74) is 0. The SMILES string of the molecule is COCCNC(=O)C(C)NC(=O)NCC(CC(=O)O)OC. The molecule has 4 N–H and O–H groups in total. The van der Waals surface area contributed by atoms with E-state index in [9.17, 15) is 14.4 Å². The van der Waals surface area contributed by atoms with Gasteiger partial charge in [0.25, 0.3) is 0 Å². The Morgan fingerprint density at radius 3 is 2.38 bits per heavy atom. The number of carbonyl (C=O) groups is 3. The number of amides is 3. The standard InChI is InChI=1S/C12H23N3O6/c1-8(11(18)13-4-5-20-2)15-12(19)14-7-9(21-3)6-10(16)17/h8-9H,4-7H2,1-3H3,(H,13,18)(H,16,17)(H2,14,15,19). The zero-order valence-corrected chi connectivity index (χ0v) is 12.5. The Kier molecular flexibility index (Phi) is 9.90. The lowest BCUT2D eigenvalue weighted by atomic mass is 10.2. The first-order valence-corrected chi connectivity index (χ1v) is 6.46. The maximum atomic E-state index is 11.6. The molecule has 0 aliphatic heterocycles. The number of ether oxygens (including phenoxy) is 2. The Labute approximate surface area is 123 Å². The first-order valence-electron chi connectivity index (χ1n) is 6.46. The smallest absolute Gasteiger partial charge is 0.315 e. The van der Waals surface area contributed by atoms with E-state index in [-0.39, 0.29) is 18.9 Å². The summed E-state index contributed by atoms with van der Waals surface area (Å²) in [6.45, 7) is 2.31. The zero-order chi connectivity index (χ0) is 16.3. The lowest BCUT2D eigenvalue weighted by Crippen LogP contribution is -2.50. The van der Waals surface area contributed by atoms with Gasteiger partial charge in [-0.05, 0) is 6.92 Å². The Balaban J connectivity index is 4.01. The molecule has 122 valence electrons. The number of hydrogen-bond donors (Lipinski definition) is 4. The first kappa shape index (κ1) is 19.1. The van der Waals surface area contributed by atoms with Crippen molar-refractivity contribution in [1.29, 1.82) is 0 Å². The molecular weight excluding hydrogens is 282 g/mol. The average Bonchev–Trinajstić information content (AvgIpc) is 2.43. The fourth-order valence-electron chi connectivity index (χ4n) is 1.38. The summed E-state index contributed by atoms with van der Waals surface area (Å²) in [4.78, 5) is 33.7. The van der Waals surface area contributed by atoms with Crippen LogP contribution in [0.4, 0.5) is 4.79 Å². The van der Waals surface area contributed by atoms with Gasteiger partial charge in [-0.1, -0.05) is 0 Å². The fraction of sp³-hybridized carbons (Fsp3) is 0.750. The minimum Gasteiger partial charge on any atom is -0.481 e. The Morgan fingerprint density at radius 2 is 1.86 bits per heavy atom. The molecule has 0 aromatic rings. The molecule has 0 saturated heterocycles. The van der Waals surface area contributed by atoms with Crippen LogP contribution >= 0.6 is 0 Å². The van der Waals surface area contributed by atoms with Crippen molar-refractivity contribution in [2.24, 2.45) is 0 Å². The van der Waals surface area contributed by atoms with Crippen molar-refractivity contribution in [3.63, 3.8) is 0 Å². The summed E-state index contributed by atoms with van der Waals surface area (Å²) in [5, 5.41) is 16.1. The van der Waals surface area contributed by atoms with Crippen molar-refractivity contribution >= 4 is 17.9 Å². The molecule has 2 unspecified atom stereocenters. The highest BCUT2D eigenvalue weighted by Gasteiger charge is 2.17. The van der Waals surface area contributed by atoms with Crippen molar-refractivity contribution in [1.82, 2.24) is 16.0 Å². The van der Waals surface area contributed by atoms with E-state index in [4.69, 9.17) is 14.6 Å². The average molecular weight is 305 g/mol. The van der Waals surface area contributed by atoms with Crippen molar-refractivity contribution in [3.8, 4) is 0 Å². The molecule has 0 aliphatic rings. The quantitative estimate of drug-likeness (QED) is 0.381. The third-order valence-corrected chi connectivity index (χ3v) is 2.57. The molecule has 0 spiro atoms. The number of nitrogens with one attached hydrogen (secondary N) is 3. The lowest BCUT2D eigenvalue weighted by molar-refractivity contribution is -0.139. The summed E-state index contributed by atoms with van der Waals surface area (Å²) in [6.07, 6.45) is -0.844. The largest absolute Gasteiger partial charge is 0.481 e. The monoisotopic (exact) mass is 305 g/mol. The van der Waals surface area contributed by atoms with Crippen molar-refractivity contribution < 1.29 is 29.0 Å². The van der Waals surface area contributed by atoms with Gasteiger partial charge in [-0.25, -0.2) is 4.79 Å². The van der Waals surface area contributed by atoms with E-state index in [0.29, 0.717) is 13.2 Å². The predicted molar refractivity (Wildman–Crippen MR) is 73.9 cm³/mol. The van der Waals surface area contributed by atoms with Crippen LogP contribution in [0.1, 0.15) is 13.3 Å². The molecule has 9 heteroatoms. The van der Waals surface area contributed by atoms with Gasteiger partial charge in [0.1, 0.15) is 6.04 Å². The van der Waals surface area contributed by atoms with Crippen LogP contribution in [-0.4, -0.2) is 69.1 Å². The van der Waals surface area contributed by atoms with Crippen LogP contribution in [-0.2, 0) is 19.1 Å². The van der Waals surface area contributed by atoms with Crippen molar-refractivity contribution in [2.75, 3.05) is 33.9 Å². The Hall–Kier alpha value is -1.87. The van der Waals surface area contributed by atoms with Crippen LogP contribution in [0, 0.1) is 0 Å². The third-order valence-electron chi connectivity index (χ3n) is 2.57. The highest BCUT2D eigenvalue weighted by atomic mass is 16.5. The molecule has 0 fully saturated rings. The van der Waals surface area contributed by atoms with Crippen LogP contribution in [0.15, 0.2) is 0 Å². The number of carboxylic acids is 1.